The number of ether oxygens (including phenoxy) is 1. The summed E-state index contributed by atoms with van der Waals surface area (Å²) >= 11 is 3.49. The molecule has 4 nitrogen and oxygen atoms in total. The summed E-state index contributed by atoms with van der Waals surface area (Å²) in [5.74, 6) is -0.401. The standard InChI is InChI=1S/C15H15BrN2O2/c1-18(2)9-17-14-11-7-5-4-6-10(11)13(16)8-12(14)15(19)20-3/h4-9H,1-3H3. The van der Waals surface area contributed by atoms with Gasteiger partial charge in [0, 0.05) is 24.0 Å². The van der Waals surface area contributed by atoms with Crippen molar-refractivity contribution < 1.29 is 9.53 Å². The number of halogens is 1. The first-order valence-electron chi connectivity index (χ1n) is 6.04. The Morgan fingerprint density at radius 3 is 2.55 bits per heavy atom. The van der Waals surface area contributed by atoms with E-state index in [0.717, 1.165) is 15.2 Å². The van der Waals surface area contributed by atoms with Crippen molar-refractivity contribution in [3.63, 3.8) is 0 Å². The van der Waals surface area contributed by atoms with Gasteiger partial charge in [0.15, 0.2) is 0 Å². The van der Waals surface area contributed by atoms with Crippen LogP contribution in [0.5, 0.6) is 0 Å². The smallest absolute Gasteiger partial charge is 0.340 e. The Morgan fingerprint density at radius 2 is 1.95 bits per heavy atom. The maximum absolute atomic E-state index is 11.9. The summed E-state index contributed by atoms with van der Waals surface area (Å²) in [7, 11) is 5.12. The van der Waals surface area contributed by atoms with Crippen LogP contribution < -0.4 is 0 Å². The number of hydrogen-bond acceptors (Lipinski definition) is 3. The van der Waals surface area contributed by atoms with Gasteiger partial charge in [-0.1, -0.05) is 40.2 Å². The van der Waals surface area contributed by atoms with Gasteiger partial charge in [-0.2, -0.15) is 0 Å². The topological polar surface area (TPSA) is 41.9 Å². The lowest BCUT2D eigenvalue weighted by molar-refractivity contribution is 0.0602. The molecule has 0 saturated carbocycles. The minimum absolute atomic E-state index is 0.401. The van der Waals surface area contributed by atoms with E-state index < -0.39 is 5.97 Å². The summed E-state index contributed by atoms with van der Waals surface area (Å²) in [6.45, 7) is 0. The summed E-state index contributed by atoms with van der Waals surface area (Å²) in [6.07, 6.45) is 1.67. The molecular formula is C15H15BrN2O2. The first-order chi connectivity index (χ1) is 9.54. The summed E-state index contributed by atoms with van der Waals surface area (Å²) in [6, 6.07) is 9.54. The van der Waals surface area contributed by atoms with Gasteiger partial charge >= 0.3 is 5.97 Å². The Bertz CT molecular complexity index is 681. The number of fused-ring (bicyclic) bond motifs is 1. The Labute approximate surface area is 126 Å². The van der Waals surface area contributed by atoms with Crippen LogP contribution in [0.3, 0.4) is 0 Å². The van der Waals surface area contributed by atoms with Crippen molar-refractivity contribution in [2.24, 2.45) is 4.99 Å². The van der Waals surface area contributed by atoms with E-state index in [1.165, 1.54) is 7.11 Å². The highest BCUT2D eigenvalue weighted by Crippen LogP contribution is 2.35. The van der Waals surface area contributed by atoms with Crippen molar-refractivity contribution in [2.75, 3.05) is 21.2 Å². The molecule has 0 heterocycles. The number of nitrogens with zero attached hydrogens (tertiary/aromatic N) is 2. The van der Waals surface area contributed by atoms with E-state index in [1.54, 1.807) is 12.4 Å². The molecule has 0 fully saturated rings. The molecule has 0 atom stereocenters. The molecule has 0 spiro atoms. The summed E-state index contributed by atoms with van der Waals surface area (Å²) in [5.41, 5.74) is 1.06. The van der Waals surface area contributed by atoms with Crippen LogP contribution in [0, 0.1) is 0 Å². The van der Waals surface area contributed by atoms with Crippen LogP contribution in [0.4, 0.5) is 5.69 Å². The molecule has 20 heavy (non-hydrogen) atoms. The SMILES string of the molecule is COC(=O)c1cc(Br)c2ccccc2c1N=CN(C)C. The van der Waals surface area contributed by atoms with Crippen LogP contribution in [-0.2, 0) is 4.74 Å². The van der Waals surface area contributed by atoms with Gasteiger partial charge in [0.2, 0.25) is 0 Å². The molecule has 0 aliphatic carbocycles. The molecule has 5 heteroatoms. The van der Waals surface area contributed by atoms with E-state index >= 15 is 0 Å². The van der Waals surface area contributed by atoms with Crippen molar-refractivity contribution in [2.45, 2.75) is 0 Å². The minimum atomic E-state index is -0.401. The molecule has 0 amide bonds. The van der Waals surface area contributed by atoms with Crippen LogP contribution in [0.1, 0.15) is 10.4 Å². The third-order valence-electron chi connectivity index (χ3n) is 2.79. The van der Waals surface area contributed by atoms with E-state index in [1.807, 2.05) is 43.3 Å². The largest absolute Gasteiger partial charge is 0.465 e. The summed E-state index contributed by atoms with van der Waals surface area (Å²) in [4.78, 5) is 18.2. The molecule has 2 aromatic carbocycles. The predicted molar refractivity (Wildman–Crippen MR) is 84.8 cm³/mol. The van der Waals surface area contributed by atoms with Crippen molar-refractivity contribution in [3.8, 4) is 0 Å². The van der Waals surface area contributed by atoms with E-state index in [-0.39, 0.29) is 0 Å². The zero-order chi connectivity index (χ0) is 14.7. The first-order valence-corrected chi connectivity index (χ1v) is 6.84. The second-order valence-electron chi connectivity index (χ2n) is 4.50. The normalized spacial score (nSPS) is 11.0. The monoisotopic (exact) mass is 334 g/mol. The zero-order valence-electron chi connectivity index (χ0n) is 11.6. The van der Waals surface area contributed by atoms with Gasteiger partial charge in [0.05, 0.1) is 24.7 Å². The van der Waals surface area contributed by atoms with Gasteiger partial charge in [-0.3, -0.25) is 0 Å². The molecule has 2 rings (SSSR count). The predicted octanol–water partition coefficient (Wildman–Crippen LogP) is 3.61. The van der Waals surface area contributed by atoms with Crippen molar-refractivity contribution in [1.29, 1.82) is 0 Å². The second-order valence-corrected chi connectivity index (χ2v) is 5.35. The number of hydrogen-bond donors (Lipinski definition) is 0. The lowest BCUT2D eigenvalue weighted by Gasteiger charge is -2.11. The summed E-state index contributed by atoms with van der Waals surface area (Å²) < 4.78 is 5.69. The number of carbonyl (C=O) groups excluding carboxylic acids is 1. The average Bonchev–Trinajstić information content (AvgIpc) is 2.45. The number of benzene rings is 2. The minimum Gasteiger partial charge on any atom is -0.465 e. The van der Waals surface area contributed by atoms with Gasteiger partial charge in [-0.25, -0.2) is 9.79 Å². The van der Waals surface area contributed by atoms with Crippen LogP contribution in [-0.4, -0.2) is 38.4 Å². The van der Waals surface area contributed by atoms with Gasteiger partial charge in [0.1, 0.15) is 0 Å². The second kappa shape index (κ2) is 6.05. The molecule has 0 aromatic heterocycles. The number of esters is 1. The van der Waals surface area contributed by atoms with Gasteiger partial charge in [-0.05, 0) is 11.5 Å². The molecular weight excluding hydrogens is 320 g/mol. The maximum Gasteiger partial charge on any atom is 0.340 e. The third kappa shape index (κ3) is 2.82. The van der Waals surface area contributed by atoms with Crippen molar-refractivity contribution in [1.82, 2.24) is 4.90 Å². The quantitative estimate of drug-likeness (QED) is 0.489. The van der Waals surface area contributed by atoms with Crippen LogP contribution >= 0.6 is 15.9 Å². The molecule has 0 aliphatic rings. The number of carbonyl (C=O) groups is 1. The molecule has 0 unspecified atom stereocenters. The van der Waals surface area contributed by atoms with Gasteiger partial charge in [0.25, 0.3) is 0 Å². The molecule has 2 aromatic rings. The van der Waals surface area contributed by atoms with Gasteiger partial charge in [-0.15, -0.1) is 0 Å². The third-order valence-corrected chi connectivity index (χ3v) is 3.44. The molecule has 104 valence electrons. The lowest BCUT2D eigenvalue weighted by atomic mass is 10.0. The van der Waals surface area contributed by atoms with Gasteiger partial charge < -0.3 is 9.64 Å². The van der Waals surface area contributed by atoms with E-state index in [0.29, 0.717) is 11.3 Å². The van der Waals surface area contributed by atoms with Crippen LogP contribution in [0.15, 0.2) is 39.8 Å². The lowest BCUT2D eigenvalue weighted by Crippen LogP contribution is -2.08. The maximum atomic E-state index is 11.9. The van der Waals surface area contributed by atoms with E-state index in [4.69, 9.17) is 4.74 Å². The highest BCUT2D eigenvalue weighted by Gasteiger charge is 2.16. The fraction of sp³-hybridized carbons (Fsp3) is 0.200. The Balaban J connectivity index is 2.77. The van der Waals surface area contributed by atoms with E-state index in [9.17, 15) is 4.79 Å². The van der Waals surface area contributed by atoms with E-state index in [2.05, 4.69) is 20.9 Å². The summed E-state index contributed by atoms with van der Waals surface area (Å²) in [5, 5.41) is 1.91. The molecule has 0 aliphatic heterocycles. The van der Waals surface area contributed by atoms with Crippen molar-refractivity contribution >= 4 is 44.7 Å². The molecule has 0 bridgehead atoms. The fourth-order valence-electron chi connectivity index (χ4n) is 1.89. The highest BCUT2D eigenvalue weighted by atomic mass is 79.9. The molecule has 0 radical (unpaired) electrons. The van der Waals surface area contributed by atoms with Crippen molar-refractivity contribution in [3.05, 3.63) is 40.4 Å². The zero-order valence-corrected chi connectivity index (χ0v) is 13.1. The number of methoxy groups -OCH3 is 1. The highest BCUT2D eigenvalue weighted by molar-refractivity contribution is 9.10. The Kier molecular flexibility index (Phi) is 4.39. The number of aliphatic imine (C=N–C) groups is 1. The Hall–Kier alpha value is -1.88. The fourth-order valence-corrected chi connectivity index (χ4v) is 2.47. The molecule has 0 N–H and O–H groups in total. The number of rotatable bonds is 3. The average molecular weight is 335 g/mol. The van der Waals surface area contributed by atoms with Crippen LogP contribution in [0.25, 0.3) is 10.8 Å². The Morgan fingerprint density at radius 1 is 1.30 bits per heavy atom. The molecule has 0 saturated heterocycles. The first kappa shape index (κ1) is 14.5. The van der Waals surface area contributed by atoms with Crippen LogP contribution in [0.2, 0.25) is 0 Å².